The Morgan fingerprint density at radius 2 is 1.68 bits per heavy atom. The average Bonchev–Trinajstić information content (AvgIpc) is 2.69. The summed E-state index contributed by atoms with van der Waals surface area (Å²) in [6.07, 6.45) is 0. The second-order valence-corrected chi connectivity index (χ2v) is 7.63. The van der Waals surface area contributed by atoms with Crippen molar-refractivity contribution in [3.05, 3.63) is 98.5 Å². The van der Waals surface area contributed by atoms with Crippen molar-refractivity contribution in [2.45, 2.75) is 19.5 Å². The topological polar surface area (TPSA) is 41.1 Å². The van der Waals surface area contributed by atoms with Crippen molar-refractivity contribution in [3.8, 4) is 0 Å². The molecule has 3 rings (SSSR count). The van der Waals surface area contributed by atoms with E-state index in [1.807, 2.05) is 36.4 Å². The Morgan fingerprint density at radius 3 is 2.43 bits per heavy atom. The molecule has 0 heterocycles. The van der Waals surface area contributed by atoms with Crippen LogP contribution in [0.5, 0.6) is 0 Å². The summed E-state index contributed by atoms with van der Waals surface area (Å²) in [6.45, 7) is 2.69. The molecule has 6 heteroatoms. The zero-order valence-electron chi connectivity index (χ0n) is 15.2. The molecule has 0 bridgehead atoms. The van der Waals surface area contributed by atoms with Crippen molar-refractivity contribution >= 4 is 46.4 Å². The molecule has 0 saturated carbocycles. The molecule has 3 nitrogen and oxygen atoms in total. The Balaban J connectivity index is 1.64. The van der Waals surface area contributed by atoms with Crippen LogP contribution in [0, 0.1) is 0 Å². The molecule has 0 unspecified atom stereocenters. The van der Waals surface area contributed by atoms with Crippen LogP contribution in [0.1, 0.15) is 34.5 Å². The molecule has 1 amide bonds. The zero-order chi connectivity index (χ0) is 20.1. The molecular weight excluding hydrogens is 415 g/mol. The van der Waals surface area contributed by atoms with Gasteiger partial charge in [-0.3, -0.25) is 4.79 Å². The van der Waals surface area contributed by atoms with E-state index in [4.69, 9.17) is 34.8 Å². The molecular formula is C22H19Cl3N2O. The van der Waals surface area contributed by atoms with E-state index in [0.29, 0.717) is 32.9 Å². The quantitative estimate of drug-likeness (QED) is 0.451. The van der Waals surface area contributed by atoms with Crippen LogP contribution in [0.2, 0.25) is 15.1 Å². The molecule has 0 radical (unpaired) electrons. The summed E-state index contributed by atoms with van der Waals surface area (Å²) in [7, 11) is 0. The minimum absolute atomic E-state index is 0.0936. The Kier molecular flexibility index (Phi) is 6.97. The van der Waals surface area contributed by atoms with Gasteiger partial charge in [-0.25, -0.2) is 0 Å². The van der Waals surface area contributed by atoms with Crippen LogP contribution in [0.25, 0.3) is 0 Å². The fourth-order valence-electron chi connectivity index (χ4n) is 2.77. The minimum atomic E-state index is -0.236. The molecule has 0 aliphatic rings. The summed E-state index contributed by atoms with van der Waals surface area (Å²) in [5.41, 5.74) is 3.26. The van der Waals surface area contributed by atoms with Gasteiger partial charge in [0.2, 0.25) is 0 Å². The second-order valence-electron chi connectivity index (χ2n) is 6.41. The highest BCUT2D eigenvalue weighted by Crippen LogP contribution is 2.26. The van der Waals surface area contributed by atoms with Crippen LogP contribution in [0.15, 0.2) is 66.7 Å². The smallest absolute Gasteiger partial charge is 0.257 e. The van der Waals surface area contributed by atoms with Gasteiger partial charge in [0, 0.05) is 18.3 Å². The molecule has 28 heavy (non-hydrogen) atoms. The first-order valence-electron chi connectivity index (χ1n) is 8.77. The van der Waals surface area contributed by atoms with Crippen molar-refractivity contribution in [2.24, 2.45) is 0 Å². The number of nitrogens with one attached hydrogen (secondary N) is 2. The number of anilines is 1. The molecule has 0 saturated heterocycles. The van der Waals surface area contributed by atoms with Gasteiger partial charge in [0.15, 0.2) is 0 Å². The fourth-order valence-corrected chi connectivity index (χ4v) is 3.30. The first-order valence-corrected chi connectivity index (χ1v) is 9.90. The first-order chi connectivity index (χ1) is 13.4. The molecule has 144 valence electrons. The maximum absolute atomic E-state index is 12.4. The van der Waals surface area contributed by atoms with Gasteiger partial charge in [-0.05, 0) is 54.4 Å². The lowest BCUT2D eigenvalue weighted by Crippen LogP contribution is -2.18. The van der Waals surface area contributed by atoms with E-state index in [0.717, 1.165) is 11.1 Å². The summed E-state index contributed by atoms with van der Waals surface area (Å²) >= 11 is 18.2. The van der Waals surface area contributed by atoms with Crippen molar-refractivity contribution in [1.82, 2.24) is 5.32 Å². The standard InChI is InChI=1S/C22H19Cl3N2O/c1-14(16-9-10-20(24)21(25)12-16)26-13-15-5-4-6-17(11-15)27-22(28)18-7-2-3-8-19(18)23/h2-12,14,26H,13H2,1H3,(H,27,28)/t14-/m1/s1. The predicted molar refractivity (Wildman–Crippen MR) is 118 cm³/mol. The number of benzene rings is 3. The molecule has 0 fully saturated rings. The lowest BCUT2D eigenvalue weighted by atomic mass is 10.1. The van der Waals surface area contributed by atoms with Crippen molar-refractivity contribution in [2.75, 3.05) is 5.32 Å². The van der Waals surface area contributed by atoms with E-state index in [-0.39, 0.29) is 11.9 Å². The Labute approximate surface area is 179 Å². The van der Waals surface area contributed by atoms with Crippen molar-refractivity contribution in [1.29, 1.82) is 0 Å². The molecule has 1 atom stereocenters. The number of amides is 1. The van der Waals surface area contributed by atoms with E-state index < -0.39 is 0 Å². The SMILES string of the molecule is C[C@@H](NCc1cccc(NC(=O)c2ccccc2Cl)c1)c1ccc(Cl)c(Cl)c1. The molecule has 3 aromatic rings. The summed E-state index contributed by atoms with van der Waals surface area (Å²) in [5, 5.41) is 7.84. The van der Waals surface area contributed by atoms with Gasteiger partial charge in [0.1, 0.15) is 0 Å². The highest BCUT2D eigenvalue weighted by Gasteiger charge is 2.11. The van der Waals surface area contributed by atoms with Crippen LogP contribution in [-0.4, -0.2) is 5.91 Å². The second kappa shape index (κ2) is 9.44. The van der Waals surface area contributed by atoms with E-state index in [1.165, 1.54) is 0 Å². The van der Waals surface area contributed by atoms with Crippen LogP contribution in [-0.2, 0) is 6.54 Å². The highest BCUT2D eigenvalue weighted by molar-refractivity contribution is 6.42. The van der Waals surface area contributed by atoms with E-state index in [1.54, 1.807) is 30.3 Å². The Bertz CT molecular complexity index is 991. The largest absolute Gasteiger partial charge is 0.322 e. The number of carbonyl (C=O) groups is 1. The van der Waals surface area contributed by atoms with Gasteiger partial charge >= 0.3 is 0 Å². The monoisotopic (exact) mass is 432 g/mol. The van der Waals surface area contributed by atoms with Crippen molar-refractivity contribution in [3.63, 3.8) is 0 Å². The van der Waals surface area contributed by atoms with Gasteiger partial charge < -0.3 is 10.6 Å². The minimum Gasteiger partial charge on any atom is -0.322 e. The number of hydrogen-bond acceptors (Lipinski definition) is 2. The summed E-state index contributed by atoms with van der Waals surface area (Å²) < 4.78 is 0. The van der Waals surface area contributed by atoms with Crippen molar-refractivity contribution < 1.29 is 4.79 Å². The average molecular weight is 434 g/mol. The molecule has 2 N–H and O–H groups in total. The van der Waals surface area contributed by atoms with Crippen LogP contribution < -0.4 is 10.6 Å². The fraction of sp³-hybridized carbons (Fsp3) is 0.136. The molecule has 0 aliphatic heterocycles. The molecule has 0 aromatic heterocycles. The highest BCUT2D eigenvalue weighted by atomic mass is 35.5. The Hall–Kier alpha value is -2.04. The number of halogens is 3. The third-order valence-corrected chi connectivity index (χ3v) is 5.43. The van der Waals surface area contributed by atoms with Crippen LogP contribution in [0.4, 0.5) is 5.69 Å². The number of carbonyl (C=O) groups excluding carboxylic acids is 1. The van der Waals surface area contributed by atoms with Gasteiger partial charge in [-0.15, -0.1) is 0 Å². The van der Waals surface area contributed by atoms with E-state index in [2.05, 4.69) is 17.6 Å². The maximum Gasteiger partial charge on any atom is 0.257 e. The first kappa shape index (κ1) is 20.7. The molecule has 0 spiro atoms. The zero-order valence-corrected chi connectivity index (χ0v) is 17.4. The molecule has 3 aromatic carbocycles. The van der Waals surface area contributed by atoms with Gasteiger partial charge in [-0.2, -0.15) is 0 Å². The maximum atomic E-state index is 12.4. The number of hydrogen-bond donors (Lipinski definition) is 2. The lowest BCUT2D eigenvalue weighted by molar-refractivity contribution is 0.102. The summed E-state index contributed by atoms with van der Waals surface area (Å²) in [5.74, 6) is -0.236. The van der Waals surface area contributed by atoms with Crippen LogP contribution >= 0.6 is 34.8 Å². The normalized spacial score (nSPS) is 11.9. The Morgan fingerprint density at radius 1 is 0.893 bits per heavy atom. The number of rotatable bonds is 6. The predicted octanol–water partition coefficient (Wildman–Crippen LogP) is 6.75. The lowest BCUT2D eigenvalue weighted by Gasteiger charge is -2.15. The van der Waals surface area contributed by atoms with Crippen LogP contribution in [0.3, 0.4) is 0 Å². The van der Waals surface area contributed by atoms with E-state index >= 15 is 0 Å². The summed E-state index contributed by atoms with van der Waals surface area (Å²) in [4.78, 5) is 12.4. The summed E-state index contributed by atoms with van der Waals surface area (Å²) in [6, 6.07) is 20.4. The van der Waals surface area contributed by atoms with E-state index in [9.17, 15) is 4.79 Å². The molecule has 0 aliphatic carbocycles. The van der Waals surface area contributed by atoms with Gasteiger partial charge in [-0.1, -0.05) is 65.1 Å². The third-order valence-electron chi connectivity index (χ3n) is 4.36. The third kappa shape index (κ3) is 5.27. The van der Waals surface area contributed by atoms with Gasteiger partial charge in [0.25, 0.3) is 5.91 Å². The van der Waals surface area contributed by atoms with Gasteiger partial charge in [0.05, 0.1) is 20.6 Å².